The fourth-order valence-electron chi connectivity index (χ4n) is 0. The van der Waals surface area contributed by atoms with Crippen molar-refractivity contribution in [1.29, 1.82) is 0 Å². The van der Waals surface area contributed by atoms with E-state index in [0.717, 1.165) is 6.54 Å². The van der Waals surface area contributed by atoms with E-state index >= 15 is 0 Å². The van der Waals surface area contributed by atoms with E-state index in [2.05, 4.69) is 31.2 Å². The van der Waals surface area contributed by atoms with E-state index in [-0.39, 0.29) is 14.1 Å². The average Bonchev–Trinajstić information content (AvgIpc) is 1.65. The first-order valence-corrected chi connectivity index (χ1v) is 7.17. The van der Waals surface area contributed by atoms with E-state index in [0.29, 0.717) is 5.92 Å². The van der Waals surface area contributed by atoms with E-state index in [1.165, 1.54) is 0 Å². The van der Waals surface area contributed by atoms with Crippen LogP contribution in [0.5, 0.6) is 0 Å². The van der Waals surface area contributed by atoms with Gasteiger partial charge in [-0.3, -0.25) is 0 Å². The van der Waals surface area contributed by atoms with Gasteiger partial charge in [-0.05, 0) is 12.5 Å². The molecular weight excluding hydrogens is 125 g/mol. The number of hydrogen-bond acceptors (Lipinski definition) is 1. The van der Waals surface area contributed by atoms with Gasteiger partial charge in [0.2, 0.25) is 0 Å². The van der Waals surface area contributed by atoms with Crippen molar-refractivity contribution in [3.05, 3.63) is 0 Å². The molecule has 0 aromatic rings. The Labute approximate surface area is 64.0 Å². The summed E-state index contributed by atoms with van der Waals surface area (Å²) in [5, 5.41) is 0. The van der Waals surface area contributed by atoms with Crippen LogP contribution in [-0.2, 0) is 0 Å². The Hall–Kier alpha value is 0.492. The Morgan fingerprint density at radius 3 is 1.33 bits per heavy atom. The maximum atomic E-state index is 5.17. The highest BCUT2D eigenvalue weighted by molar-refractivity contribution is 6.54. The molecule has 0 aliphatic rings. The third-order valence-corrected chi connectivity index (χ3v) is 0.471. The van der Waals surface area contributed by atoms with Crippen LogP contribution < -0.4 is 5.73 Å². The predicted molar refractivity (Wildman–Crippen MR) is 47.2 cm³/mol. The minimum Gasteiger partial charge on any atom is -0.330 e. The average molecular weight is 145 g/mol. The summed E-state index contributed by atoms with van der Waals surface area (Å²) in [4.78, 5) is 0. The van der Waals surface area contributed by atoms with E-state index < -0.39 is 0 Å². The van der Waals surface area contributed by atoms with Crippen LogP contribution in [0.4, 0.5) is 0 Å². The molecule has 9 heavy (non-hydrogen) atoms. The number of rotatable bonds is 1. The highest BCUT2D eigenvalue weighted by atomic mass is 27.2. The third kappa shape index (κ3) is 57.6. The van der Waals surface area contributed by atoms with Crippen molar-refractivity contribution in [3.63, 3.8) is 0 Å². The van der Waals surface area contributed by atoms with Crippen molar-refractivity contribution in [1.82, 2.24) is 0 Å². The second-order valence-electron chi connectivity index (χ2n) is 3.36. The van der Waals surface area contributed by atoms with Gasteiger partial charge in [-0.25, -0.2) is 0 Å². The molecule has 0 fully saturated rings. The van der Waals surface area contributed by atoms with Gasteiger partial charge in [-0.15, -0.1) is 17.4 Å². The van der Waals surface area contributed by atoms with E-state index in [9.17, 15) is 0 Å². The standard InChI is InChI=1S/C4H11N.3CH3.Al/c1-4(2)3-5;;;;/h4H,3,5H2,1-2H3;3*1H3;. The lowest BCUT2D eigenvalue weighted by molar-refractivity contribution is 0.664. The molecule has 0 rings (SSSR count). The van der Waals surface area contributed by atoms with Gasteiger partial charge in [-0.1, -0.05) is 13.8 Å². The molecule has 0 amide bonds. The third-order valence-electron chi connectivity index (χ3n) is 0.471. The lowest BCUT2D eigenvalue weighted by Crippen LogP contribution is -2.05. The molecule has 0 unspecified atom stereocenters. The number of nitrogens with two attached hydrogens (primary N) is 1. The molecule has 0 saturated carbocycles. The summed E-state index contributed by atoms with van der Waals surface area (Å²) in [6.07, 6.45) is 0. The molecule has 0 spiro atoms. The Morgan fingerprint density at radius 2 is 1.33 bits per heavy atom. The van der Waals surface area contributed by atoms with Crippen LogP contribution in [0.15, 0.2) is 0 Å². The first-order chi connectivity index (χ1) is 4.00. The van der Waals surface area contributed by atoms with Gasteiger partial charge in [0, 0.05) is 0 Å². The summed E-state index contributed by atoms with van der Waals surface area (Å²) in [5.74, 6) is 7.58. The molecule has 0 atom stereocenters. The first-order valence-electron chi connectivity index (χ1n) is 3.70. The normalized spacial score (nSPS) is 8.33. The second kappa shape index (κ2) is 8.49. The van der Waals surface area contributed by atoms with E-state index in [4.69, 9.17) is 5.73 Å². The lowest BCUT2D eigenvalue weighted by Gasteiger charge is -1.91. The summed E-state index contributed by atoms with van der Waals surface area (Å²) in [6.45, 7) is 5.00. The summed E-state index contributed by atoms with van der Waals surface area (Å²) < 4.78 is 0. The zero-order chi connectivity index (χ0) is 7.86. The van der Waals surface area contributed by atoms with Crippen molar-refractivity contribution in [2.75, 3.05) is 6.54 Å². The maximum absolute atomic E-state index is 5.17. The molecule has 0 aromatic heterocycles. The van der Waals surface area contributed by atoms with Gasteiger partial charge in [0.05, 0.1) is 0 Å². The Kier molecular flexibility index (Phi) is 11.5. The molecule has 0 saturated heterocycles. The Morgan fingerprint density at radius 1 is 1.22 bits per heavy atom. The van der Waals surface area contributed by atoms with Crippen molar-refractivity contribution in [2.24, 2.45) is 11.7 Å². The zero-order valence-corrected chi connectivity index (χ0v) is 8.59. The van der Waals surface area contributed by atoms with Crippen LogP contribution >= 0.6 is 0 Å². The van der Waals surface area contributed by atoms with Crippen LogP contribution in [0.25, 0.3) is 0 Å². The van der Waals surface area contributed by atoms with Crippen molar-refractivity contribution in [2.45, 2.75) is 31.2 Å². The highest BCUT2D eigenvalue weighted by Gasteiger charge is 1.82. The van der Waals surface area contributed by atoms with Crippen molar-refractivity contribution < 1.29 is 0 Å². The van der Waals surface area contributed by atoms with Crippen molar-refractivity contribution >= 4 is 14.1 Å². The van der Waals surface area contributed by atoms with Gasteiger partial charge in [-0.2, -0.15) is 0 Å². The quantitative estimate of drug-likeness (QED) is 0.561. The van der Waals surface area contributed by atoms with Gasteiger partial charge in [0.15, 0.2) is 0 Å². The molecule has 56 valence electrons. The fourth-order valence-corrected chi connectivity index (χ4v) is 0. The van der Waals surface area contributed by atoms with Crippen LogP contribution in [0.2, 0.25) is 17.4 Å². The highest BCUT2D eigenvalue weighted by Crippen LogP contribution is 1.81. The minimum absolute atomic E-state index is 0.139. The van der Waals surface area contributed by atoms with Crippen LogP contribution in [0.3, 0.4) is 0 Å². The Bertz CT molecular complexity index is 41.4. The molecule has 0 aliphatic carbocycles. The molecule has 2 heteroatoms. The van der Waals surface area contributed by atoms with Crippen LogP contribution in [0.1, 0.15) is 13.8 Å². The monoisotopic (exact) mass is 145 g/mol. The van der Waals surface area contributed by atoms with Crippen LogP contribution in [-0.4, -0.2) is 20.7 Å². The fraction of sp³-hybridized carbons (Fsp3) is 1.00. The van der Waals surface area contributed by atoms with Gasteiger partial charge in [0.1, 0.15) is 0 Å². The van der Waals surface area contributed by atoms with Gasteiger partial charge in [0.25, 0.3) is 14.1 Å². The molecule has 0 aromatic carbocycles. The number of hydrogen-bond donors (Lipinski definition) is 1. The first kappa shape index (κ1) is 12.2. The summed E-state index contributed by atoms with van der Waals surface area (Å²) in [7, 11) is 0. The van der Waals surface area contributed by atoms with E-state index in [1.54, 1.807) is 0 Å². The molecule has 0 heterocycles. The summed E-state index contributed by atoms with van der Waals surface area (Å²) in [6, 6.07) is 0. The lowest BCUT2D eigenvalue weighted by atomic mass is 10.2. The molecule has 0 aliphatic heterocycles. The summed E-state index contributed by atoms with van der Waals surface area (Å²) >= 11 is -0.139. The zero-order valence-electron chi connectivity index (χ0n) is 7.44. The molecule has 0 radical (unpaired) electrons. The molecular formula is C7H20AlN. The minimum atomic E-state index is -0.139. The maximum Gasteiger partial charge on any atom is 0.251 e. The second-order valence-corrected chi connectivity index (χ2v) is 6.83. The van der Waals surface area contributed by atoms with Gasteiger partial charge >= 0.3 is 0 Å². The smallest absolute Gasteiger partial charge is 0.251 e. The summed E-state index contributed by atoms with van der Waals surface area (Å²) in [5.41, 5.74) is 5.17. The van der Waals surface area contributed by atoms with E-state index in [1.807, 2.05) is 0 Å². The van der Waals surface area contributed by atoms with Gasteiger partial charge < -0.3 is 5.73 Å². The predicted octanol–water partition coefficient (Wildman–Crippen LogP) is 1.97. The molecule has 1 nitrogen and oxygen atoms in total. The van der Waals surface area contributed by atoms with Crippen molar-refractivity contribution in [3.8, 4) is 0 Å². The van der Waals surface area contributed by atoms with Crippen LogP contribution in [0, 0.1) is 5.92 Å². The molecule has 2 N–H and O–H groups in total. The SMILES string of the molecule is CC(C)CN.[CH3][Al]([CH3])[CH3]. The Balaban J connectivity index is 0. The largest absolute Gasteiger partial charge is 0.330 e. The topological polar surface area (TPSA) is 26.0 Å². The molecule has 0 bridgehead atoms.